The van der Waals surface area contributed by atoms with Crippen LogP contribution < -0.4 is 0 Å². The summed E-state index contributed by atoms with van der Waals surface area (Å²) in [4.78, 5) is 33.3. The lowest BCUT2D eigenvalue weighted by atomic mass is 9.99. The van der Waals surface area contributed by atoms with E-state index in [0.29, 0.717) is 29.5 Å². The minimum atomic E-state index is 0.587. The van der Waals surface area contributed by atoms with Crippen LogP contribution in [0.2, 0.25) is 0 Å². The third-order valence-corrected chi connectivity index (χ3v) is 24.2. The molecular weight excluding hydrogens is 1490 g/mol. The number of hydrogen-bond donors (Lipinski definition) is 0. The van der Waals surface area contributed by atoms with Crippen LogP contribution in [0.1, 0.15) is 0 Å². The zero-order valence-corrected chi connectivity index (χ0v) is 65.2. The van der Waals surface area contributed by atoms with Crippen LogP contribution in [0, 0.1) is 0 Å². The first kappa shape index (κ1) is 69.4. The molecule has 9 aromatic heterocycles. The monoisotopic (exact) mass is 1550 g/mol. The summed E-state index contributed by atoms with van der Waals surface area (Å²) >= 11 is 1.85. The Kier molecular flexibility index (Phi) is 16.8. The molecule has 12 nitrogen and oxygen atoms in total. The van der Waals surface area contributed by atoms with Gasteiger partial charge in [0.25, 0.3) is 0 Å². The van der Waals surface area contributed by atoms with E-state index in [1.165, 1.54) is 114 Å². The molecule has 16 aromatic carbocycles. The lowest BCUT2D eigenvalue weighted by Crippen LogP contribution is -2.06. The lowest BCUT2D eigenvalue weighted by Gasteiger charge is -2.11. The Hall–Kier alpha value is -16.1. The van der Waals surface area contributed by atoms with Crippen LogP contribution in [0.5, 0.6) is 0 Å². The van der Waals surface area contributed by atoms with E-state index in [1.54, 1.807) is 24.8 Å². The van der Waals surface area contributed by atoms with Gasteiger partial charge in [0.1, 0.15) is 11.2 Å². The molecule has 0 unspecified atom stereocenters. The van der Waals surface area contributed by atoms with Crippen molar-refractivity contribution in [1.82, 2.24) is 53.2 Å². The summed E-state index contributed by atoms with van der Waals surface area (Å²) in [5.41, 5.74) is 23.2. The molecule has 25 rings (SSSR count). The summed E-state index contributed by atoms with van der Waals surface area (Å²) in [6, 6.07) is 134. The van der Waals surface area contributed by atoms with Crippen molar-refractivity contribution in [3.8, 4) is 90.8 Å². The molecule has 562 valence electrons. The molecule has 0 fully saturated rings. The van der Waals surface area contributed by atoms with Crippen molar-refractivity contribution in [2.75, 3.05) is 0 Å². The molecule has 0 atom stereocenters. The zero-order valence-electron chi connectivity index (χ0n) is 64.4. The second-order valence-electron chi connectivity index (χ2n) is 30.0. The number of fused-ring (bicyclic) bond motifs is 18. The lowest BCUT2D eigenvalue weighted by molar-refractivity contribution is 0.669. The Morgan fingerprint density at radius 3 is 0.992 bits per heavy atom. The summed E-state index contributed by atoms with van der Waals surface area (Å²) < 4.78 is 17.4. The van der Waals surface area contributed by atoms with E-state index in [2.05, 4.69) is 335 Å². The fraction of sp³-hybridized carbons (Fsp3) is 0. The molecule has 0 amide bonds. The van der Waals surface area contributed by atoms with Crippen LogP contribution in [0.25, 0.3) is 220 Å². The van der Waals surface area contributed by atoms with Gasteiger partial charge in [0, 0.05) is 116 Å². The van der Waals surface area contributed by atoms with Gasteiger partial charge in [-0.25, -0.2) is 24.9 Å². The minimum absolute atomic E-state index is 0.587. The average Bonchev–Trinajstić information content (AvgIpc) is 1.58. The quantitative estimate of drug-likeness (QED) is 0.133. The molecular formula is C107H67N11OS. The van der Waals surface area contributed by atoms with Crippen LogP contribution >= 0.6 is 11.3 Å². The van der Waals surface area contributed by atoms with Gasteiger partial charge < -0.3 is 8.98 Å². The maximum absolute atomic E-state index is 6.01. The van der Waals surface area contributed by atoms with E-state index in [4.69, 9.17) is 19.4 Å². The highest BCUT2D eigenvalue weighted by Gasteiger charge is 2.23. The first-order chi connectivity index (χ1) is 59.5. The number of para-hydroxylation sites is 5. The fourth-order valence-electron chi connectivity index (χ4n) is 17.5. The van der Waals surface area contributed by atoms with Crippen LogP contribution in [0.15, 0.2) is 411 Å². The number of hydrogen-bond acceptors (Lipinski definition) is 9. The second kappa shape index (κ2) is 29.0. The van der Waals surface area contributed by atoms with Crippen LogP contribution in [0.3, 0.4) is 0 Å². The summed E-state index contributed by atoms with van der Waals surface area (Å²) in [6.45, 7) is 0. The highest BCUT2D eigenvalue weighted by molar-refractivity contribution is 7.25. The standard InChI is InChI=1S/C45H28N4S.C34H22N4.C28H17N3O/c1-4-12-29(13-5-1)32-20-23-39-36(26-32)37-27-33(34-22-25-42-38(28-34)35-18-10-11-19-41(35)50-42)21-24-40(37)49(39)45-47-43(30-14-6-2-7-15-30)46-44(48-45)31-16-8-3-9-17-31;1-2-9-25(10-3-1)37-30-13-6-4-11-26(30)28-21-23(15-17-32(28)37)24-16-18-33-29(22-24)27-12-5-7-14-31(27)38(33)34-35-19-8-20-36-34;1-3-8-24-20(6-1)22-16-18(10-12-25(22)31(24)28-29-14-5-15-30-28)19-11-13-27-23(17-19)21-7-2-4-9-26(21)32-27/h1-28H;1-22H;1-17H. The van der Waals surface area contributed by atoms with E-state index < -0.39 is 0 Å². The number of furan rings is 1. The smallest absolute Gasteiger partial charge is 0.238 e. The molecule has 0 saturated heterocycles. The van der Waals surface area contributed by atoms with Crippen LogP contribution in [0.4, 0.5) is 0 Å². The molecule has 0 aliphatic heterocycles. The Morgan fingerprint density at radius 1 is 0.192 bits per heavy atom. The number of thiophene rings is 1. The predicted octanol–water partition coefficient (Wildman–Crippen LogP) is 27.5. The fourth-order valence-corrected chi connectivity index (χ4v) is 18.6. The van der Waals surface area contributed by atoms with Crippen molar-refractivity contribution >= 4 is 141 Å². The Morgan fingerprint density at radius 2 is 0.508 bits per heavy atom. The second-order valence-corrected chi connectivity index (χ2v) is 31.1. The van der Waals surface area contributed by atoms with E-state index in [9.17, 15) is 0 Å². The SMILES string of the molecule is c1ccc(-c2ccc3c(c2)c2cc(-c4ccc5sc6ccccc6c5c4)ccc2n3-c2nc(-c3ccccc3)nc(-c3ccccc3)n2)cc1.c1ccc(-n2c3ccccc3c3cc(-c4ccc5c(c4)c4ccccc4n5-c4ncccn4)ccc32)cc1.c1cnc(-n2c3ccccc3c3cc(-c4ccc5oc6ccccc6c5c4)ccc32)nc1. The molecule has 0 radical (unpaired) electrons. The molecule has 0 spiro atoms. The summed E-state index contributed by atoms with van der Waals surface area (Å²) in [5.74, 6) is 3.22. The van der Waals surface area contributed by atoms with E-state index in [-0.39, 0.29) is 0 Å². The molecule has 120 heavy (non-hydrogen) atoms. The van der Waals surface area contributed by atoms with Crippen LogP contribution in [-0.4, -0.2) is 53.2 Å². The maximum Gasteiger partial charge on any atom is 0.238 e. The van der Waals surface area contributed by atoms with Gasteiger partial charge in [-0.2, -0.15) is 9.97 Å². The number of benzene rings is 16. The van der Waals surface area contributed by atoms with E-state index >= 15 is 0 Å². The van der Waals surface area contributed by atoms with Crippen molar-refractivity contribution in [3.05, 3.63) is 407 Å². The number of aromatic nitrogens is 11. The largest absolute Gasteiger partial charge is 0.456 e. The van der Waals surface area contributed by atoms with Crippen LogP contribution in [-0.2, 0) is 0 Å². The molecule has 0 aliphatic rings. The Labute approximate surface area is 691 Å². The zero-order chi connectivity index (χ0) is 79.1. The van der Waals surface area contributed by atoms with Crippen molar-refractivity contribution in [1.29, 1.82) is 0 Å². The van der Waals surface area contributed by atoms with Crippen molar-refractivity contribution < 1.29 is 4.42 Å². The van der Waals surface area contributed by atoms with E-state index in [0.717, 1.165) is 76.9 Å². The van der Waals surface area contributed by atoms with Gasteiger partial charge in [0.05, 0.1) is 44.1 Å². The third-order valence-electron chi connectivity index (χ3n) is 23.0. The Balaban J connectivity index is 0.000000108. The summed E-state index contributed by atoms with van der Waals surface area (Å²) in [5, 5.41) is 14.4. The predicted molar refractivity (Wildman–Crippen MR) is 494 cm³/mol. The topological polar surface area (TPSA) is 123 Å². The normalized spacial score (nSPS) is 11.7. The van der Waals surface area contributed by atoms with Gasteiger partial charge in [-0.15, -0.1) is 11.3 Å². The molecule has 25 aromatic rings. The average molecular weight is 1550 g/mol. The van der Waals surface area contributed by atoms with Crippen molar-refractivity contribution in [3.63, 3.8) is 0 Å². The minimum Gasteiger partial charge on any atom is -0.456 e. The molecule has 0 N–H and O–H groups in total. The van der Waals surface area contributed by atoms with E-state index in [1.807, 2.05) is 96.3 Å². The number of nitrogens with zero attached hydrogens (tertiary/aromatic N) is 11. The van der Waals surface area contributed by atoms with Crippen molar-refractivity contribution in [2.24, 2.45) is 0 Å². The maximum atomic E-state index is 6.01. The van der Waals surface area contributed by atoms with Gasteiger partial charge in [-0.3, -0.25) is 13.7 Å². The number of rotatable bonds is 10. The summed E-state index contributed by atoms with van der Waals surface area (Å²) in [7, 11) is 0. The summed E-state index contributed by atoms with van der Waals surface area (Å²) in [6.07, 6.45) is 7.14. The molecule has 0 aliphatic carbocycles. The van der Waals surface area contributed by atoms with Gasteiger partial charge in [0.2, 0.25) is 17.8 Å². The van der Waals surface area contributed by atoms with Gasteiger partial charge >= 0.3 is 0 Å². The first-order valence-corrected chi connectivity index (χ1v) is 40.9. The molecule has 0 saturated carbocycles. The Bertz CT molecular complexity index is 8070. The molecule has 13 heteroatoms. The van der Waals surface area contributed by atoms with Crippen molar-refractivity contribution in [2.45, 2.75) is 0 Å². The van der Waals surface area contributed by atoms with Gasteiger partial charge in [-0.1, -0.05) is 243 Å². The molecule has 0 bridgehead atoms. The highest BCUT2D eigenvalue weighted by Crippen LogP contribution is 2.44. The highest BCUT2D eigenvalue weighted by atomic mass is 32.1. The molecule has 9 heterocycles. The first-order valence-electron chi connectivity index (χ1n) is 40.0. The van der Waals surface area contributed by atoms with Gasteiger partial charge in [0.15, 0.2) is 11.6 Å². The van der Waals surface area contributed by atoms with Gasteiger partial charge in [-0.05, 0) is 184 Å². The third kappa shape index (κ3) is 12.0.